The summed E-state index contributed by atoms with van der Waals surface area (Å²) in [7, 11) is 0. The van der Waals surface area contributed by atoms with Crippen LogP contribution < -0.4 is 10.9 Å². The van der Waals surface area contributed by atoms with E-state index in [2.05, 4.69) is 10.9 Å². The van der Waals surface area contributed by atoms with Crippen LogP contribution in [0.3, 0.4) is 0 Å². The monoisotopic (exact) mass is 316 g/mol. The summed E-state index contributed by atoms with van der Waals surface area (Å²) in [5.41, 5.74) is 8.49. The van der Waals surface area contributed by atoms with Gasteiger partial charge in [-0.3, -0.25) is 20.4 Å². The van der Waals surface area contributed by atoms with Crippen molar-refractivity contribution in [2.75, 3.05) is 0 Å². The first-order valence-electron chi connectivity index (χ1n) is 6.82. The minimum atomic E-state index is -0.455. The zero-order chi connectivity index (χ0) is 16.3. The number of hydrogen-bond acceptors (Lipinski definition) is 2. The predicted molar refractivity (Wildman–Crippen MR) is 87.0 cm³/mol. The standard InChI is InChI=1S/C17H17ClN2O2/c1-10-4-6-13(12(3)8-10)16(21)19-20-17(22)14-7-5-11(2)9-15(14)18/h4-9H,1-3H3,(H,19,21)(H,20,22). The van der Waals surface area contributed by atoms with E-state index in [0.717, 1.165) is 16.7 Å². The molecule has 0 aromatic heterocycles. The van der Waals surface area contributed by atoms with Gasteiger partial charge in [-0.1, -0.05) is 35.4 Å². The molecule has 22 heavy (non-hydrogen) atoms. The number of benzene rings is 2. The van der Waals surface area contributed by atoms with Gasteiger partial charge in [0.25, 0.3) is 11.8 Å². The maximum absolute atomic E-state index is 12.1. The molecule has 114 valence electrons. The topological polar surface area (TPSA) is 58.2 Å². The van der Waals surface area contributed by atoms with Crippen LogP contribution in [0, 0.1) is 20.8 Å². The van der Waals surface area contributed by atoms with Crippen LogP contribution in [0.4, 0.5) is 0 Å². The van der Waals surface area contributed by atoms with E-state index < -0.39 is 5.91 Å². The highest BCUT2D eigenvalue weighted by Crippen LogP contribution is 2.17. The Kier molecular flexibility index (Phi) is 4.83. The molecule has 0 spiro atoms. The zero-order valence-electron chi connectivity index (χ0n) is 12.7. The van der Waals surface area contributed by atoms with Gasteiger partial charge in [-0.15, -0.1) is 0 Å². The lowest BCUT2D eigenvalue weighted by Gasteiger charge is -2.10. The molecule has 0 radical (unpaired) electrons. The van der Waals surface area contributed by atoms with Crippen molar-refractivity contribution in [2.45, 2.75) is 20.8 Å². The second-order valence-electron chi connectivity index (χ2n) is 5.21. The van der Waals surface area contributed by atoms with E-state index in [4.69, 9.17) is 11.6 Å². The molecule has 2 N–H and O–H groups in total. The highest BCUT2D eigenvalue weighted by molar-refractivity contribution is 6.33. The minimum absolute atomic E-state index is 0.313. The van der Waals surface area contributed by atoms with Crippen LogP contribution in [0.15, 0.2) is 36.4 Å². The van der Waals surface area contributed by atoms with Crippen molar-refractivity contribution in [3.63, 3.8) is 0 Å². The number of amides is 2. The van der Waals surface area contributed by atoms with Gasteiger partial charge in [0.15, 0.2) is 0 Å². The predicted octanol–water partition coefficient (Wildman–Crippen LogP) is 3.34. The maximum Gasteiger partial charge on any atom is 0.271 e. The van der Waals surface area contributed by atoms with Crippen molar-refractivity contribution >= 4 is 23.4 Å². The first-order valence-corrected chi connectivity index (χ1v) is 7.20. The number of carbonyl (C=O) groups excluding carboxylic acids is 2. The molecule has 2 amide bonds. The molecule has 0 saturated heterocycles. The molecule has 0 unspecified atom stereocenters. The molecular formula is C17H17ClN2O2. The van der Waals surface area contributed by atoms with E-state index in [1.165, 1.54) is 0 Å². The highest BCUT2D eigenvalue weighted by atomic mass is 35.5. The van der Waals surface area contributed by atoms with Crippen molar-refractivity contribution in [3.8, 4) is 0 Å². The third kappa shape index (κ3) is 3.65. The van der Waals surface area contributed by atoms with E-state index in [0.29, 0.717) is 16.1 Å². The van der Waals surface area contributed by atoms with Gasteiger partial charge in [0.2, 0.25) is 0 Å². The lowest BCUT2D eigenvalue weighted by Crippen LogP contribution is -2.42. The molecule has 4 nitrogen and oxygen atoms in total. The Morgan fingerprint density at radius 3 is 1.86 bits per heavy atom. The number of nitrogens with one attached hydrogen (secondary N) is 2. The molecule has 0 saturated carbocycles. The van der Waals surface area contributed by atoms with Gasteiger partial charge < -0.3 is 0 Å². The molecular weight excluding hydrogens is 300 g/mol. The number of hydrazine groups is 1. The Morgan fingerprint density at radius 2 is 1.32 bits per heavy atom. The molecule has 0 aliphatic carbocycles. The normalized spacial score (nSPS) is 10.2. The summed E-state index contributed by atoms with van der Waals surface area (Å²) in [6.45, 7) is 5.69. The Balaban J connectivity index is 2.06. The molecule has 0 aliphatic heterocycles. The smallest absolute Gasteiger partial charge is 0.267 e. The van der Waals surface area contributed by atoms with Crippen LogP contribution in [0.5, 0.6) is 0 Å². The summed E-state index contributed by atoms with van der Waals surface area (Å²) in [5, 5.41) is 0.346. The maximum atomic E-state index is 12.1. The lowest BCUT2D eigenvalue weighted by molar-refractivity contribution is 0.0846. The van der Waals surface area contributed by atoms with Gasteiger partial charge in [0.05, 0.1) is 10.6 Å². The number of aryl methyl sites for hydroxylation is 3. The van der Waals surface area contributed by atoms with Crippen molar-refractivity contribution in [2.24, 2.45) is 0 Å². The molecule has 0 bridgehead atoms. The number of halogens is 1. The molecule has 0 atom stereocenters. The summed E-state index contributed by atoms with van der Waals surface area (Å²) in [6.07, 6.45) is 0. The molecule has 2 rings (SSSR count). The number of rotatable bonds is 2. The van der Waals surface area contributed by atoms with Crippen LogP contribution in [0.1, 0.15) is 37.4 Å². The van der Waals surface area contributed by atoms with Crippen LogP contribution in [-0.4, -0.2) is 11.8 Å². The van der Waals surface area contributed by atoms with E-state index in [1.54, 1.807) is 24.3 Å². The van der Waals surface area contributed by atoms with Gasteiger partial charge >= 0.3 is 0 Å². The highest BCUT2D eigenvalue weighted by Gasteiger charge is 2.13. The summed E-state index contributed by atoms with van der Waals surface area (Å²) in [5.74, 6) is -0.822. The Bertz CT molecular complexity index is 678. The number of hydrogen-bond donors (Lipinski definition) is 2. The van der Waals surface area contributed by atoms with Crippen LogP contribution >= 0.6 is 11.6 Å². The fourth-order valence-electron chi connectivity index (χ4n) is 2.12. The fraction of sp³-hybridized carbons (Fsp3) is 0.176. The van der Waals surface area contributed by atoms with Crippen molar-refractivity contribution in [1.29, 1.82) is 0 Å². The molecule has 0 fully saturated rings. The van der Waals surface area contributed by atoms with E-state index >= 15 is 0 Å². The van der Waals surface area contributed by atoms with Gasteiger partial charge in [-0.2, -0.15) is 0 Å². The lowest BCUT2D eigenvalue weighted by atomic mass is 10.1. The van der Waals surface area contributed by atoms with Crippen LogP contribution in [-0.2, 0) is 0 Å². The van der Waals surface area contributed by atoms with Crippen molar-refractivity contribution in [3.05, 3.63) is 69.2 Å². The summed E-state index contributed by atoms with van der Waals surface area (Å²) in [6, 6.07) is 10.6. The first kappa shape index (κ1) is 16.0. The van der Waals surface area contributed by atoms with Gasteiger partial charge in [-0.25, -0.2) is 0 Å². The SMILES string of the molecule is Cc1ccc(C(=O)NNC(=O)c2ccc(C)cc2Cl)c(C)c1. The van der Waals surface area contributed by atoms with Gasteiger partial charge in [0, 0.05) is 5.56 Å². The second-order valence-corrected chi connectivity index (χ2v) is 5.62. The van der Waals surface area contributed by atoms with E-state index in [-0.39, 0.29) is 5.91 Å². The Labute approximate surface area is 134 Å². The van der Waals surface area contributed by atoms with E-state index in [1.807, 2.05) is 32.9 Å². The third-order valence-corrected chi connectivity index (χ3v) is 3.60. The molecule has 2 aromatic rings. The van der Waals surface area contributed by atoms with E-state index in [9.17, 15) is 9.59 Å². The van der Waals surface area contributed by atoms with Crippen molar-refractivity contribution in [1.82, 2.24) is 10.9 Å². The molecule has 2 aromatic carbocycles. The van der Waals surface area contributed by atoms with Crippen LogP contribution in [0.2, 0.25) is 5.02 Å². The quantitative estimate of drug-likeness (QED) is 0.835. The third-order valence-electron chi connectivity index (χ3n) is 3.29. The molecule has 0 aliphatic rings. The summed E-state index contributed by atoms with van der Waals surface area (Å²) >= 11 is 6.03. The largest absolute Gasteiger partial charge is 0.271 e. The Hall–Kier alpha value is -2.33. The Morgan fingerprint density at radius 1 is 0.818 bits per heavy atom. The van der Waals surface area contributed by atoms with Crippen molar-refractivity contribution < 1.29 is 9.59 Å². The average molecular weight is 317 g/mol. The van der Waals surface area contributed by atoms with Crippen LogP contribution in [0.25, 0.3) is 0 Å². The fourth-order valence-corrected chi connectivity index (χ4v) is 2.44. The molecule has 5 heteroatoms. The summed E-state index contributed by atoms with van der Waals surface area (Å²) in [4.78, 5) is 24.1. The first-order chi connectivity index (χ1) is 10.4. The zero-order valence-corrected chi connectivity index (χ0v) is 13.4. The minimum Gasteiger partial charge on any atom is -0.267 e. The van der Waals surface area contributed by atoms with Gasteiger partial charge in [-0.05, 0) is 50.1 Å². The number of carbonyl (C=O) groups is 2. The average Bonchev–Trinajstić information content (AvgIpc) is 2.44. The van der Waals surface area contributed by atoms with Gasteiger partial charge in [0.1, 0.15) is 0 Å². The summed E-state index contributed by atoms with van der Waals surface area (Å²) < 4.78 is 0. The second kappa shape index (κ2) is 6.62. The molecule has 0 heterocycles.